The fraction of sp³-hybridized carbons (Fsp3) is 0.667. The van der Waals surface area contributed by atoms with E-state index in [2.05, 4.69) is 11.3 Å². The van der Waals surface area contributed by atoms with Gasteiger partial charge in [0.15, 0.2) is 0 Å². The molecular weight excluding hydrogens is 240 g/mol. The van der Waals surface area contributed by atoms with Crippen LogP contribution in [0, 0.1) is 0 Å². The Balaban J connectivity index is 3.80. The van der Waals surface area contributed by atoms with Gasteiger partial charge in [0.05, 0.1) is 19.3 Å². The van der Waals surface area contributed by atoms with Crippen molar-refractivity contribution in [1.29, 1.82) is 0 Å². The van der Waals surface area contributed by atoms with E-state index in [0.29, 0.717) is 5.57 Å². The first-order valence-electron chi connectivity index (χ1n) is 5.55. The van der Waals surface area contributed by atoms with Crippen molar-refractivity contribution in [2.75, 3.05) is 20.3 Å². The zero-order chi connectivity index (χ0) is 14.1. The molecule has 2 unspecified atom stereocenters. The van der Waals surface area contributed by atoms with Crippen molar-refractivity contribution in [3.63, 3.8) is 0 Å². The Kier molecular flexibility index (Phi) is 7.78. The third kappa shape index (κ3) is 7.67. The largest absolute Gasteiger partial charge is 0.508 e. The van der Waals surface area contributed by atoms with Crippen molar-refractivity contribution < 1.29 is 28.5 Å². The van der Waals surface area contributed by atoms with Gasteiger partial charge in [0.2, 0.25) is 0 Å². The van der Waals surface area contributed by atoms with Crippen molar-refractivity contribution in [3.05, 3.63) is 12.2 Å². The molecule has 18 heavy (non-hydrogen) atoms. The highest BCUT2D eigenvalue weighted by molar-refractivity contribution is 5.86. The molecule has 0 rings (SSSR count). The van der Waals surface area contributed by atoms with Crippen molar-refractivity contribution in [3.8, 4) is 0 Å². The molecule has 0 aliphatic rings. The highest BCUT2D eigenvalue weighted by Crippen LogP contribution is 2.02. The number of hydrogen-bond donors (Lipinski definition) is 0. The molecule has 0 fully saturated rings. The quantitative estimate of drug-likeness (QED) is 0.512. The molecule has 0 bridgehead atoms. The van der Waals surface area contributed by atoms with Crippen LogP contribution in [0.25, 0.3) is 0 Å². The highest BCUT2D eigenvalue weighted by atomic mass is 16.7. The van der Waals surface area contributed by atoms with E-state index in [4.69, 9.17) is 14.2 Å². The zero-order valence-electron chi connectivity index (χ0n) is 11.2. The van der Waals surface area contributed by atoms with E-state index in [0.717, 1.165) is 0 Å². The lowest BCUT2D eigenvalue weighted by Crippen LogP contribution is -2.27. The standard InChI is InChI=1S/C12H20O6/c1-8(2)11(13)16-6-9(3)18-10(4)7-17-12(14)15-5/h9-10H,1,6-7H2,2-5H3. The van der Waals surface area contributed by atoms with Gasteiger partial charge in [-0.3, -0.25) is 0 Å². The third-order valence-corrected chi connectivity index (χ3v) is 1.86. The SMILES string of the molecule is C=C(C)C(=O)OCC(C)OC(C)COC(=O)OC. The maximum atomic E-state index is 11.1. The Morgan fingerprint density at radius 3 is 2.06 bits per heavy atom. The van der Waals surface area contributed by atoms with Crippen LogP contribution in [-0.4, -0.2) is 44.7 Å². The van der Waals surface area contributed by atoms with Gasteiger partial charge in [0.25, 0.3) is 0 Å². The van der Waals surface area contributed by atoms with Crippen LogP contribution in [0.4, 0.5) is 4.79 Å². The predicted molar refractivity (Wildman–Crippen MR) is 64.1 cm³/mol. The molecule has 0 aliphatic carbocycles. The number of ether oxygens (including phenoxy) is 4. The second-order valence-corrected chi connectivity index (χ2v) is 3.90. The summed E-state index contributed by atoms with van der Waals surface area (Å²) in [5.41, 5.74) is 0.337. The van der Waals surface area contributed by atoms with Crippen molar-refractivity contribution in [2.45, 2.75) is 33.0 Å². The first-order valence-corrected chi connectivity index (χ1v) is 5.55. The van der Waals surface area contributed by atoms with Crippen molar-refractivity contribution in [1.82, 2.24) is 0 Å². The van der Waals surface area contributed by atoms with Crippen LogP contribution in [0.1, 0.15) is 20.8 Å². The number of carbonyl (C=O) groups is 2. The molecule has 0 aromatic heterocycles. The van der Waals surface area contributed by atoms with Gasteiger partial charge in [-0.1, -0.05) is 6.58 Å². The molecule has 0 spiro atoms. The molecule has 0 heterocycles. The lowest BCUT2D eigenvalue weighted by molar-refractivity contribution is -0.144. The Bertz CT molecular complexity index is 299. The van der Waals surface area contributed by atoms with Gasteiger partial charge in [-0.2, -0.15) is 0 Å². The lowest BCUT2D eigenvalue weighted by Gasteiger charge is -2.18. The number of esters is 1. The van der Waals surface area contributed by atoms with Gasteiger partial charge in [-0.25, -0.2) is 9.59 Å². The van der Waals surface area contributed by atoms with E-state index in [9.17, 15) is 9.59 Å². The number of methoxy groups -OCH3 is 1. The molecule has 0 aliphatic heterocycles. The average molecular weight is 260 g/mol. The van der Waals surface area contributed by atoms with Crippen LogP contribution >= 0.6 is 0 Å². The molecule has 0 radical (unpaired) electrons. The molecule has 104 valence electrons. The van der Waals surface area contributed by atoms with Crippen LogP contribution in [0.5, 0.6) is 0 Å². The second kappa shape index (κ2) is 8.52. The van der Waals surface area contributed by atoms with Gasteiger partial charge in [0, 0.05) is 5.57 Å². The Hall–Kier alpha value is -1.56. The fourth-order valence-electron chi connectivity index (χ4n) is 1.04. The van der Waals surface area contributed by atoms with Crippen LogP contribution in [0.2, 0.25) is 0 Å². The van der Waals surface area contributed by atoms with Crippen LogP contribution in [0.3, 0.4) is 0 Å². The Morgan fingerprint density at radius 1 is 1.11 bits per heavy atom. The predicted octanol–water partition coefficient (Wildman–Crippen LogP) is 1.68. The summed E-state index contributed by atoms with van der Waals surface area (Å²) in [6, 6.07) is 0. The second-order valence-electron chi connectivity index (χ2n) is 3.90. The summed E-state index contributed by atoms with van der Waals surface area (Å²) in [7, 11) is 1.23. The summed E-state index contributed by atoms with van der Waals surface area (Å²) >= 11 is 0. The maximum Gasteiger partial charge on any atom is 0.508 e. The van der Waals surface area contributed by atoms with Crippen molar-refractivity contribution >= 4 is 12.1 Å². The summed E-state index contributed by atoms with van der Waals surface area (Å²) in [6.45, 7) is 8.72. The summed E-state index contributed by atoms with van der Waals surface area (Å²) in [4.78, 5) is 21.8. The maximum absolute atomic E-state index is 11.1. The average Bonchev–Trinajstić information content (AvgIpc) is 2.32. The summed E-state index contributed by atoms with van der Waals surface area (Å²) in [5, 5.41) is 0. The van der Waals surface area contributed by atoms with Crippen LogP contribution in [-0.2, 0) is 23.7 Å². The minimum atomic E-state index is -0.758. The van der Waals surface area contributed by atoms with Crippen LogP contribution < -0.4 is 0 Å². The number of hydrogen-bond acceptors (Lipinski definition) is 6. The van der Waals surface area contributed by atoms with E-state index >= 15 is 0 Å². The molecule has 0 saturated carbocycles. The summed E-state index contributed by atoms with van der Waals surface area (Å²) in [5.74, 6) is -0.455. The molecule has 0 N–H and O–H groups in total. The molecule has 2 atom stereocenters. The monoisotopic (exact) mass is 260 g/mol. The van der Waals surface area contributed by atoms with Gasteiger partial charge in [0.1, 0.15) is 13.2 Å². The molecule has 0 aromatic rings. The first-order chi connectivity index (χ1) is 8.36. The fourth-order valence-corrected chi connectivity index (χ4v) is 1.04. The topological polar surface area (TPSA) is 71.1 Å². The molecule has 0 amide bonds. The molecule has 0 saturated heterocycles. The minimum Gasteiger partial charge on any atom is -0.460 e. The highest BCUT2D eigenvalue weighted by Gasteiger charge is 2.13. The number of rotatable bonds is 7. The molecule has 0 aromatic carbocycles. The number of carbonyl (C=O) groups excluding carboxylic acids is 2. The van der Waals surface area contributed by atoms with E-state index < -0.39 is 12.1 Å². The first kappa shape index (κ1) is 16.4. The summed E-state index contributed by atoms with van der Waals surface area (Å²) in [6.07, 6.45) is -1.38. The van der Waals surface area contributed by atoms with Crippen LogP contribution in [0.15, 0.2) is 12.2 Å². The van der Waals surface area contributed by atoms with Gasteiger partial charge in [-0.05, 0) is 20.8 Å². The third-order valence-electron chi connectivity index (χ3n) is 1.86. The minimum absolute atomic E-state index is 0.0748. The summed E-state index contributed by atoms with van der Waals surface area (Å²) < 4.78 is 19.4. The Labute approximate surface area is 107 Å². The van der Waals surface area contributed by atoms with Gasteiger partial charge in [-0.15, -0.1) is 0 Å². The van der Waals surface area contributed by atoms with Crippen molar-refractivity contribution in [2.24, 2.45) is 0 Å². The lowest BCUT2D eigenvalue weighted by atomic mass is 10.3. The van der Waals surface area contributed by atoms with E-state index in [1.807, 2.05) is 0 Å². The van der Waals surface area contributed by atoms with E-state index in [1.54, 1.807) is 20.8 Å². The van der Waals surface area contributed by atoms with Gasteiger partial charge >= 0.3 is 12.1 Å². The molecule has 6 heteroatoms. The Morgan fingerprint density at radius 2 is 1.61 bits per heavy atom. The van der Waals surface area contributed by atoms with E-state index in [1.165, 1.54) is 7.11 Å². The van der Waals surface area contributed by atoms with Gasteiger partial charge < -0.3 is 18.9 Å². The molecule has 6 nitrogen and oxygen atoms in total. The van der Waals surface area contributed by atoms with E-state index in [-0.39, 0.29) is 25.4 Å². The zero-order valence-corrected chi connectivity index (χ0v) is 11.2. The normalized spacial score (nSPS) is 13.3. The smallest absolute Gasteiger partial charge is 0.460 e. The molecular formula is C12H20O6.